The molecule has 0 saturated carbocycles. The van der Waals surface area contributed by atoms with E-state index in [4.69, 9.17) is 4.74 Å². The number of alkyl halides is 1. The Morgan fingerprint density at radius 3 is 2.62 bits per heavy atom. The highest BCUT2D eigenvalue weighted by Gasteiger charge is 2.43. The molecule has 0 aliphatic heterocycles. The summed E-state index contributed by atoms with van der Waals surface area (Å²) in [5, 5.41) is 0.882. The monoisotopic (exact) mass is 352 g/mol. The van der Waals surface area contributed by atoms with Crippen LogP contribution in [0.25, 0.3) is 0 Å². The molecule has 0 fully saturated rings. The third-order valence-electron chi connectivity index (χ3n) is 4.08. The molecule has 21 heavy (non-hydrogen) atoms. The van der Waals surface area contributed by atoms with Crippen molar-refractivity contribution in [1.82, 2.24) is 0 Å². The molecule has 0 saturated heterocycles. The van der Waals surface area contributed by atoms with E-state index in [1.54, 1.807) is 0 Å². The summed E-state index contributed by atoms with van der Waals surface area (Å²) in [6, 6.07) is 10.2. The second-order valence-electron chi connectivity index (χ2n) is 5.29. The van der Waals surface area contributed by atoms with Crippen molar-refractivity contribution < 1.29 is 9.53 Å². The first-order valence-electron chi connectivity index (χ1n) is 7.51. The fourth-order valence-electron chi connectivity index (χ4n) is 2.83. The van der Waals surface area contributed by atoms with Gasteiger partial charge in [-0.3, -0.25) is 4.79 Å². The number of carbonyl (C=O) groups is 1. The first kappa shape index (κ1) is 18.0. The quantitative estimate of drug-likeness (QED) is 0.351. The maximum Gasteiger partial charge on any atom is 0.312 e. The molecular formula is C18H25BrO2. The van der Waals surface area contributed by atoms with E-state index in [1.807, 2.05) is 31.2 Å². The van der Waals surface area contributed by atoms with Gasteiger partial charge in [0.1, 0.15) is 0 Å². The molecule has 2 unspecified atom stereocenters. The summed E-state index contributed by atoms with van der Waals surface area (Å²) in [4.78, 5) is 12.7. The van der Waals surface area contributed by atoms with Crippen molar-refractivity contribution in [3.8, 4) is 0 Å². The Morgan fingerprint density at radius 2 is 2.10 bits per heavy atom. The summed E-state index contributed by atoms with van der Waals surface area (Å²) in [6.45, 7) is 8.23. The predicted octanol–water partition coefficient (Wildman–Crippen LogP) is 5.09. The van der Waals surface area contributed by atoms with Crippen molar-refractivity contribution in [3.63, 3.8) is 0 Å². The first-order valence-corrected chi connectivity index (χ1v) is 8.63. The Balaban J connectivity index is 3.18. The minimum atomic E-state index is -0.535. The van der Waals surface area contributed by atoms with Gasteiger partial charge in [0.25, 0.3) is 0 Å². The Morgan fingerprint density at radius 1 is 1.43 bits per heavy atom. The lowest BCUT2D eigenvalue weighted by molar-refractivity contribution is -0.157. The van der Waals surface area contributed by atoms with E-state index in [0.29, 0.717) is 13.0 Å². The summed E-state index contributed by atoms with van der Waals surface area (Å²) in [6.07, 6.45) is 4.20. The molecule has 2 nitrogen and oxygen atoms in total. The third-order valence-corrected chi connectivity index (χ3v) is 4.64. The number of halogens is 1. The molecule has 1 aromatic carbocycles. The van der Waals surface area contributed by atoms with Gasteiger partial charge in [0.15, 0.2) is 0 Å². The molecule has 0 aliphatic carbocycles. The van der Waals surface area contributed by atoms with Gasteiger partial charge in [-0.2, -0.15) is 0 Å². The number of carbonyl (C=O) groups excluding carboxylic acids is 1. The van der Waals surface area contributed by atoms with Gasteiger partial charge in [-0.25, -0.2) is 0 Å². The Kier molecular flexibility index (Phi) is 7.73. The average molecular weight is 353 g/mol. The number of hydrogen-bond acceptors (Lipinski definition) is 2. The van der Waals surface area contributed by atoms with Crippen LogP contribution in [-0.2, 0) is 9.53 Å². The molecule has 0 radical (unpaired) electrons. The van der Waals surface area contributed by atoms with Crippen LogP contribution in [-0.4, -0.2) is 17.9 Å². The summed E-state index contributed by atoms with van der Waals surface area (Å²) < 4.78 is 5.40. The first-order chi connectivity index (χ1) is 10.1. The van der Waals surface area contributed by atoms with Gasteiger partial charge in [-0.15, -0.1) is 6.58 Å². The zero-order chi connectivity index (χ0) is 15.7. The van der Waals surface area contributed by atoms with Crippen LogP contribution in [0.2, 0.25) is 0 Å². The third kappa shape index (κ3) is 4.44. The van der Waals surface area contributed by atoms with Crippen molar-refractivity contribution in [1.29, 1.82) is 0 Å². The molecule has 0 N–H and O–H groups in total. The molecule has 1 aromatic rings. The van der Waals surface area contributed by atoms with Crippen LogP contribution in [0.1, 0.15) is 44.6 Å². The second kappa shape index (κ2) is 9.04. The average Bonchev–Trinajstić information content (AvgIpc) is 2.52. The fraction of sp³-hybridized carbons (Fsp3) is 0.500. The largest absolute Gasteiger partial charge is 0.466 e. The van der Waals surface area contributed by atoms with Crippen molar-refractivity contribution in [2.75, 3.05) is 11.9 Å². The number of esters is 1. The SMILES string of the molecule is C=CCC(CCCBr)(C(=O)OCC)C(C)c1ccccc1. The molecule has 0 aliphatic rings. The van der Waals surface area contributed by atoms with E-state index in [1.165, 1.54) is 5.56 Å². The topological polar surface area (TPSA) is 26.3 Å². The van der Waals surface area contributed by atoms with E-state index >= 15 is 0 Å². The van der Waals surface area contributed by atoms with E-state index in [0.717, 1.165) is 18.2 Å². The van der Waals surface area contributed by atoms with Crippen molar-refractivity contribution in [2.24, 2.45) is 5.41 Å². The van der Waals surface area contributed by atoms with Crippen LogP contribution >= 0.6 is 15.9 Å². The molecule has 0 heterocycles. The number of ether oxygens (including phenoxy) is 1. The van der Waals surface area contributed by atoms with E-state index in [9.17, 15) is 4.79 Å². The van der Waals surface area contributed by atoms with Crippen LogP contribution in [0.5, 0.6) is 0 Å². The lowest BCUT2D eigenvalue weighted by Crippen LogP contribution is -2.38. The number of hydrogen-bond donors (Lipinski definition) is 0. The number of benzene rings is 1. The van der Waals surface area contributed by atoms with Gasteiger partial charge in [0.05, 0.1) is 12.0 Å². The molecule has 0 bridgehead atoms. The second-order valence-corrected chi connectivity index (χ2v) is 6.09. The maximum absolute atomic E-state index is 12.7. The van der Waals surface area contributed by atoms with Crippen LogP contribution < -0.4 is 0 Å². The van der Waals surface area contributed by atoms with Crippen molar-refractivity contribution in [2.45, 2.75) is 39.0 Å². The predicted molar refractivity (Wildman–Crippen MR) is 91.8 cm³/mol. The van der Waals surface area contributed by atoms with Gasteiger partial charge in [0.2, 0.25) is 0 Å². The van der Waals surface area contributed by atoms with Gasteiger partial charge in [-0.05, 0) is 37.7 Å². The molecule has 0 amide bonds. The zero-order valence-corrected chi connectivity index (χ0v) is 14.6. The highest BCUT2D eigenvalue weighted by atomic mass is 79.9. The molecule has 116 valence electrons. The minimum Gasteiger partial charge on any atom is -0.466 e. The summed E-state index contributed by atoms with van der Waals surface area (Å²) in [5.41, 5.74) is 0.634. The van der Waals surface area contributed by atoms with E-state index in [-0.39, 0.29) is 11.9 Å². The molecular weight excluding hydrogens is 328 g/mol. The highest BCUT2D eigenvalue weighted by molar-refractivity contribution is 9.09. The lowest BCUT2D eigenvalue weighted by Gasteiger charge is -2.36. The van der Waals surface area contributed by atoms with Crippen LogP contribution in [0.15, 0.2) is 43.0 Å². The van der Waals surface area contributed by atoms with Crippen molar-refractivity contribution in [3.05, 3.63) is 48.6 Å². The van der Waals surface area contributed by atoms with Crippen molar-refractivity contribution >= 4 is 21.9 Å². The van der Waals surface area contributed by atoms with E-state index < -0.39 is 5.41 Å². The normalized spacial score (nSPS) is 15.0. The summed E-state index contributed by atoms with van der Waals surface area (Å²) in [5.74, 6) is -0.0167. The summed E-state index contributed by atoms with van der Waals surface area (Å²) >= 11 is 3.47. The molecule has 3 heteroatoms. The van der Waals surface area contributed by atoms with Gasteiger partial charge in [0, 0.05) is 5.33 Å². The number of rotatable bonds is 9. The standard InChI is InChI=1S/C18H25BrO2/c1-4-12-18(13-9-14-19,17(20)21-5-2)15(3)16-10-7-6-8-11-16/h4,6-8,10-11,15H,1,5,9,12-14H2,2-3H3. The van der Waals surface area contributed by atoms with Gasteiger partial charge < -0.3 is 4.74 Å². The van der Waals surface area contributed by atoms with Crippen LogP contribution in [0, 0.1) is 5.41 Å². The van der Waals surface area contributed by atoms with Crippen LogP contribution in [0.3, 0.4) is 0 Å². The zero-order valence-electron chi connectivity index (χ0n) is 13.0. The fourth-order valence-corrected chi connectivity index (χ4v) is 3.11. The van der Waals surface area contributed by atoms with Crippen LogP contribution in [0.4, 0.5) is 0 Å². The molecule has 2 atom stereocenters. The highest BCUT2D eigenvalue weighted by Crippen LogP contribution is 2.44. The van der Waals surface area contributed by atoms with Gasteiger partial charge >= 0.3 is 5.97 Å². The van der Waals surface area contributed by atoms with E-state index in [2.05, 4.69) is 41.6 Å². The minimum absolute atomic E-state index is 0.0924. The molecule has 1 rings (SSSR count). The molecule has 0 spiro atoms. The summed E-state index contributed by atoms with van der Waals surface area (Å²) in [7, 11) is 0. The molecule has 0 aromatic heterocycles. The smallest absolute Gasteiger partial charge is 0.312 e. The maximum atomic E-state index is 12.7. The van der Waals surface area contributed by atoms with Gasteiger partial charge in [-0.1, -0.05) is 59.3 Å². The Labute approximate surface area is 136 Å². The lowest BCUT2D eigenvalue weighted by atomic mass is 9.68. The Hall–Kier alpha value is -1.09. The Bertz CT molecular complexity index is 444. The number of allylic oxidation sites excluding steroid dienone is 1.